The van der Waals surface area contributed by atoms with E-state index in [1.165, 1.54) is 5.56 Å². The summed E-state index contributed by atoms with van der Waals surface area (Å²) in [7, 11) is 0. The molecule has 0 aliphatic heterocycles. The lowest BCUT2D eigenvalue weighted by Gasteiger charge is -2.05. The molecule has 4 heteroatoms. The number of para-hydroxylation sites is 1. The first-order valence-corrected chi connectivity index (χ1v) is 7.22. The first kappa shape index (κ1) is 12.8. The number of nitrogens with zero attached hydrogens (tertiary/aromatic N) is 2. The van der Waals surface area contributed by atoms with Crippen molar-refractivity contribution in [3.05, 3.63) is 70.1 Å². The second-order valence-electron chi connectivity index (χ2n) is 5.54. The van der Waals surface area contributed by atoms with Crippen LogP contribution < -0.4 is 5.56 Å². The van der Waals surface area contributed by atoms with Crippen molar-refractivity contribution < 1.29 is 0 Å². The lowest BCUT2D eigenvalue weighted by molar-refractivity contribution is 0.864. The number of benzene rings is 2. The fraction of sp³-hybridized carbons (Fsp3) is 0.111. The molecule has 0 saturated heterocycles. The number of hydrogen-bond donors (Lipinski definition) is 1. The van der Waals surface area contributed by atoms with Gasteiger partial charge in [0.2, 0.25) is 0 Å². The Morgan fingerprint density at radius 2 is 1.77 bits per heavy atom. The van der Waals surface area contributed by atoms with Gasteiger partial charge in [-0.2, -0.15) is 0 Å². The Morgan fingerprint density at radius 3 is 2.55 bits per heavy atom. The van der Waals surface area contributed by atoms with Crippen LogP contribution in [0.15, 0.2) is 53.5 Å². The zero-order valence-corrected chi connectivity index (χ0v) is 12.4. The predicted molar refractivity (Wildman–Crippen MR) is 88.7 cm³/mol. The Kier molecular flexibility index (Phi) is 2.66. The topological polar surface area (TPSA) is 50.7 Å². The van der Waals surface area contributed by atoms with Crippen molar-refractivity contribution in [2.75, 3.05) is 0 Å². The highest BCUT2D eigenvalue weighted by atomic mass is 16.1. The molecular formula is C18H15N3O. The van der Waals surface area contributed by atoms with E-state index in [0.717, 1.165) is 27.7 Å². The van der Waals surface area contributed by atoms with E-state index in [4.69, 9.17) is 0 Å². The van der Waals surface area contributed by atoms with Gasteiger partial charge in [0, 0.05) is 11.6 Å². The molecule has 2 heterocycles. The molecule has 108 valence electrons. The molecule has 0 radical (unpaired) electrons. The maximum atomic E-state index is 12.6. The summed E-state index contributed by atoms with van der Waals surface area (Å²) in [6.45, 7) is 4.13. The number of hydrogen-bond acceptors (Lipinski definition) is 2. The lowest BCUT2D eigenvalue weighted by atomic mass is 10.0. The Labute approximate surface area is 127 Å². The number of rotatable bonds is 1. The van der Waals surface area contributed by atoms with Crippen LogP contribution in [0.5, 0.6) is 0 Å². The average Bonchev–Trinajstić information content (AvgIpc) is 2.89. The van der Waals surface area contributed by atoms with E-state index in [2.05, 4.69) is 30.0 Å². The van der Waals surface area contributed by atoms with E-state index in [9.17, 15) is 4.79 Å². The summed E-state index contributed by atoms with van der Waals surface area (Å²) in [5.41, 5.74) is 4.86. The number of H-pyrrole nitrogens is 1. The first-order valence-electron chi connectivity index (χ1n) is 7.22. The van der Waals surface area contributed by atoms with Crippen LogP contribution in [0.1, 0.15) is 11.1 Å². The molecule has 4 nitrogen and oxygen atoms in total. The standard InChI is InChI=1S/C18H15N3O/c1-11-8-9-14-16(12(11)2)19-10-15-17(14)20-21(18(15)22)13-6-4-3-5-7-13/h3-10,20H,1-2H3. The fourth-order valence-corrected chi connectivity index (χ4v) is 2.83. The molecule has 2 aromatic carbocycles. The lowest BCUT2D eigenvalue weighted by Crippen LogP contribution is -2.13. The van der Waals surface area contributed by atoms with Crippen molar-refractivity contribution in [3.63, 3.8) is 0 Å². The van der Waals surface area contributed by atoms with Crippen LogP contribution in [0.3, 0.4) is 0 Å². The van der Waals surface area contributed by atoms with Gasteiger partial charge in [0.15, 0.2) is 0 Å². The van der Waals surface area contributed by atoms with Gasteiger partial charge >= 0.3 is 0 Å². The van der Waals surface area contributed by atoms with E-state index in [0.29, 0.717) is 5.39 Å². The molecular weight excluding hydrogens is 274 g/mol. The van der Waals surface area contributed by atoms with Crippen LogP contribution >= 0.6 is 0 Å². The van der Waals surface area contributed by atoms with Crippen LogP contribution in [-0.4, -0.2) is 14.8 Å². The van der Waals surface area contributed by atoms with Gasteiger partial charge < -0.3 is 0 Å². The summed E-state index contributed by atoms with van der Waals surface area (Å²) < 4.78 is 1.57. The second kappa shape index (κ2) is 4.56. The van der Waals surface area contributed by atoms with E-state index in [1.54, 1.807) is 10.9 Å². The van der Waals surface area contributed by atoms with Gasteiger partial charge in [-0.1, -0.05) is 30.3 Å². The number of aromatic nitrogens is 3. The molecule has 4 aromatic rings. The van der Waals surface area contributed by atoms with E-state index in [1.807, 2.05) is 36.4 Å². The highest BCUT2D eigenvalue weighted by molar-refractivity contribution is 6.04. The number of fused-ring (bicyclic) bond motifs is 3. The Balaban J connectivity index is 2.12. The number of aryl methyl sites for hydroxylation is 2. The molecule has 0 spiro atoms. The molecule has 0 saturated carbocycles. The Bertz CT molecular complexity index is 1060. The van der Waals surface area contributed by atoms with Crippen molar-refractivity contribution in [2.45, 2.75) is 13.8 Å². The van der Waals surface area contributed by atoms with E-state index in [-0.39, 0.29) is 5.56 Å². The van der Waals surface area contributed by atoms with Gasteiger partial charge in [-0.3, -0.25) is 14.9 Å². The maximum absolute atomic E-state index is 12.6. The van der Waals surface area contributed by atoms with Crippen LogP contribution in [-0.2, 0) is 0 Å². The van der Waals surface area contributed by atoms with Crippen LogP contribution in [0.2, 0.25) is 0 Å². The summed E-state index contributed by atoms with van der Waals surface area (Å²) >= 11 is 0. The highest BCUT2D eigenvalue weighted by Crippen LogP contribution is 2.25. The summed E-state index contributed by atoms with van der Waals surface area (Å²) in [6, 6.07) is 13.7. The molecule has 0 fully saturated rings. The van der Waals surface area contributed by atoms with Crippen LogP contribution in [0.25, 0.3) is 27.5 Å². The molecule has 0 aliphatic carbocycles. The minimum atomic E-state index is -0.0752. The molecule has 1 N–H and O–H groups in total. The monoisotopic (exact) mass is 289 g/mol. The number of pyridine rings is 1. The normalized spacial score (nSPS) is 11.4. The summed E-state index contributed by atoms with van der Waals surface area (Å²) in [4.78, 5) is 17.1. The molecule has 0 bridgehead atoms. The average molecular weight is 289 g/mol. The zero-order chi connectivity index (χ0) is 15.3. The summed E-state index contributed by atoms with van der Waals surface area (Å²) in [6.07, 6.45) is 1.67. The van der Waals surface area contributed by atoms with E-state index < -0.39 is 0 Å². The SMILES string of the molecule is Cc1ccc2c(ncc3c(=O)n(-c4ccccc4)[nH]c32)c1C. The summed E-state index contributed by atoms with van der Waals surface area (Å²) in [5.74, 6) is 0. The molecule has 22 heavy (non-hydrogen) atoms. The molecule has 0 aliphatic rings. The van der Waals surface area contributed by atoms with Gasteiger partial charge in [-0.15, -0.1) is 0 Å². The molecule has 4 rings (SSSR count). The molecule has 0 unspecified atom stereocenters. The van der Waals surface area contributed by atoms with Crippen molar-refractivity contribution in [2.24, 2.45) is 0 Å². The van der Waals surface area contributed by atoms with Crippen molar-refractivity contribution in [3.8, 4) is 5.69 Å². The van der Waals surface area contributed by atoms with Crippen molar-refractivity contribution in [1.82, 2.24) is 14.8 Å². The first-order chi connectivity index (χ1) is 10.7. The third kappa shape index (κ3) is 1.70. The van der Waals surface area contributed by atoms with Crippen molar-refractivity contribution >= 4 is 21.8 Å². The van der Waals surface area contributed by atoms with Gasteiger partial charge in [-0.25, -0.2) is 4.68 Å². The van der Waals surface area contributed by atoms with Gasteiger partial charge in [-0.05, 0) is 37.1 Å². The fourth-order valence-electron chi connectivity index (χ4n) is 2.83. The zero-order valence-electron chi connectivity index (χ0n) is 12.4. The van der Waals surface area contributed by atoms with E-state index >= 15 is 0 Å². The molecule has 2 aromatic heterocycles. The largest absolute Gasteiger partial charge is 0.290 e. The number of nitrogens with one attached hydrogen (secondary N) is 1. The number of aromatic amines is 1. The predicted octanol–water partition coefficient (Wildman–Crippen LogP) is 3.48. The van der Waals surface area contributed by atoms with Crippen molar-refractivity contribution in [1.29, 1.82) is 0 Å². The maximum Gasteiger partial charge on any atom is 0.280 e. The van der Waals surface area contributed by atoms with Crippen LogP contribution in [0.4, 0.5) is 0 Å². The molecule has 0 amide bonds. The summed E-state index contributed by atoms with van der Waals surface area (Å²) in [5, 5.41) is 4.82. The second-order valence-corrected chi connectivity index (χ2v) is 5.54. The van der Waals surface area contributed by atoms with Gasteiger partial charge in [0.25, 0.3) is 5.56 Å². The smallest absolute Gasteiger partial charge is 0.280 e. The minimum absolute atomic E-state index is 0.0752. The Morgan fingerprint density at radius 1 is 1.00 bits per heavy atom. The third-order valence-electron chi connectivity index (χ3n) is 4.23. The Hall–Kier alpha value is -2.88. The third-order valence-corrected chi connectivity index (χ3v) is 4.23. The quantitative estimate of drug-likeness (QED) is 0.583. The van der Waals surface area contributed by atoms with Gasteiger partial charge in [0.05, 0.1) is 22.1 Å². The minimum Gasteiger partial charge on any atom is -0.290 e. The highest BCUT2D eigenvalue weighted by Gasteiger charge is 2.13. The van der Waals surface area contributed by atoms with Crippen LogP contribution in [0, 0.1) is 13.8 Å². The molecule has 0 atom stereocenters. The van der Waals surface area contributed by atoms with Gasteiger partial charge in [0.1, 0.15) is 0 Å².